The molecule has 0 saturated heterocycles. The molecule has 0 aliphatic heterocycles. The number of hydrogen-bond acceptors (Lipinski definition) is 4. The third-order valence-corrected chi connectivity index (χ3v) is 6.74. The molecule has 19 heavy (non-hydrogen) atoms. The highest BCUT2D eigenvalue weighted by atomic mass is 79.9. The van der Waals surface area contributed by atoms with Gasteiger partial charge in [-0.2, -0.15) is 0 Å². The number of sulfonamides is 1. The standard InChI is InChI=1S/C12H21BrN2O2S2/c1-4-9(5-2)7-15-19(16,17)11-6-10(8-14-3)18-12(11)13/h6,9,14-15H,4-5,7-8H2,1-3H3. The molecule has 0 spiro atoms. The van der Waals surface area contributed by atoms with E-state index in [1.165, 1.54) is 11.3 Å². The smallest absolute Gasteiger partial charge is 0.242 e. The van der Waals surface area contributed by atoms with Crippen molar-refractivity contribution in [3.63, 3.8) is 0 Å². The van der Waals surface area contributed by atoms with Crippen molar-refractivity contribution in [2.75, 3.05) is 13.6 Å². The molecule has 2 N–H and O–H groups in total. The molecule has 0 atom stereocenters. The van der Waals surface area contributed by atoms with Gasteiger partial charge in [0.15, 0.2) is 0 Å². The fourth-order valence-corrected chi connectivity index (χ4v) is 5.53. The molecule has 0 amide bonds. The average molecular weight is 369 g/mol. The highest BCUT2D eigenvalue weighted by Crippen LogP contribution is 2.31. The second kappa shape index (κ2) is 7.73. The number of rotatable bonds is 8. The van der Waals surface area contributed by atoms with E-state index in [1.807, 2.05) is 7.05 Å². The summed E-state index contributed by atoms with van der Waals surface area (Å²) < 4.78 is 27.9. The summed E-state index contributed by atoms with van der Waals surface area (Å²) in [6.45, 7) is 5.33. The number of nitrogens with one attached hydrogen (secondary N) is 2. The number of hydrogen-bond donors (Lipinski definition) is 2. The Labute approximate surface area is 128 Å². The summed E-state index contributed by atoms with van der Waals surface area (Å²) in [4.78, 5) is 1.34. The molecular formula is C12H21BrN2O2S2. The zero-order valence-electron chi connectivity index (χ0n) is 11.5. The first kappa shape index (κ1) is 17.1. The molecule has 0 aliphatic carbocycles. The zero-order chi connectivity index (χ0) is 14.5. The quantitative estimate of drug-likeness (QED) is 0.741. The average Bonchev–Trinajstić information content (AvgIpc) is 2.73. The Morgan fingerprint density at radius 2 is 2.00 bits per heavy atom. The summed E-state index contributed by atoms with van der Waals surface area (Å²) in [7, 11) is -1.58. The topological polar surface area (TPSA) is 58.2 Å². The summed E-state index contributed by atoms with van der Waals surface area (Å²) in [6, 6.07) is 1.72. The van der Waals surface area contributed by atoms with Crippen LogP contribution in [0.5, 0.6) is 0 Å². The molecule has 1 aromatic rings. The molecule has 0 bridgehead atoms. The van der Waals surface area contributed by atoms with E-state index in [0.29, 0.717) is 27.7 Å². The summed E-state index contributed by atoms with van der Waals surface area (Å²) in [5.41, 5.74) is 0. The fourth-order valence-electron chi connectivity index (χ4n) is 1.73. The van der Waals surface area contributed by atoms with Gasteiger partial charge in [0.1, 0.15) is 4.90 Å². The van der Waals surface area contributed by atoms with Crippen LogP contribution in [0.3, 0.4) is 0 Å². The van der Waals surface area contributed by atoms with Crippen LogP contribution >= 0.6 is 27.3 Å². The Morgan fingerprint density at radius 3 is 2.53 bits per heavy atom. The third-order valence-electron chi connectivity index (χ3n) is 3.06. The SMILES string of the molecule is CCC(CC)CNS(=O)(=O)c1cc(CNC)sc1Br. The van der Waals surface area contributed by atoms with E-state index < -0.39 is 10.0 Å². The van der Waals surface area contributed by atoms with Crippen LogP contribution in [0, 0.1) is 5.92 Å². The van der Waals surface area contributed by atoms with Crippen molar-refractivity contribution in [3.8, 4) is 0 Å². The van der Waals surface area contributed by atoms with E-state index in [4.69, 9.17) is 0 Å². The maximum absolute atomic E-state index is 12.3. The van der Waals surface area contributed by atoms with Gasteiger partial charge in [-0.05, 0) is 35.0 Å². The first-order valence-corrected chi connectivity index (χ1v) is 9.46. The van der Waals surface area contributed by atoms with Crippen molar-refractivity contribution < 1.29 is 8.42 Å². The van der Waals surface area contributed by atoms with Crippen molar-refractivity contribution in [1.29, 1.82) is 0 Å². The lowest BCUT2D eigenvalue weighted by molar-refractivity contribution is 0.479. The van der Waals surface area contributed by atoms with Gasteiger partial charge >= 0.3 is 0 Å². The predicted molar refractivity (Wildman–Crippen MR) is 84.0 cm³/mol. The Morgan fingerprint density at radius 1 is 1.37 bits per heavy atom. The van der Waals surface area contributed by atoms with Gasteiger partial charge in [0.2, 0.25) is 10.0 Å². The van der Waals surface area contributed by atoms with E-state index in [1.54, 1.807) is 6.07 Å². The monoisotopic (exact) mass is 368 g/mol. The molecular weight excluding hydrogens is 348 g/mol. The third kappa shape index (κ3) is 4.82. The second-order valence-corrected chi connectivity index (χ2v) is 8.61. The van der Waals surface area contributed by atoms with Crippen molar-refractivity contribution in [1.82, 2.24) is 10.0 Å². The van der Waals surface area contributed by atoms with Gasteiger partial charge in [-0.25, -0.2) is 13.1 Å². The fraction of sp³-hybridized carbons (Fsp3) is 0.667. The van der Waals surface area contributed by atoms with E-state index in [2.05, 4.69) is 39.8 Å². The minimum atomic E-state index is -3.42. The van der Waals surface area contributed by atoms with Crippen LogP contribution in [0.25, 0.3) is 0 Å². The molecule has 1 rings (SSSR count). The van der Waals surface area contributed by atoms with Crippen molar-refractivity contribution >= 4 is 37.3 Å². The lowest BCUT2D eigenvalue weighted by atomic mass is 10.0. The molecule has 7 heteroatoms. The summed E-state index contributed by atoms with van der Waals surface area (Å²) in [5, 5.41) is 3.02. The van der Waals surface area contributed by atoms with Crippen LogP contribution in [0.4, 0.5) is 0 Å². The first-order chi connectivity index (χ1) is 8.94. The lowest BCUT2D eigenvalue weighted by Gasteiger charge is -2.13. The van der Waals surface area contributed by atoms with Gasteiger partial charge in [0, 0.05) is 18.0 Å². The van der Waals surface area contributed by atoms with Gasteiger partial charge in [-0.1, -0.05) is 26.7 Å². The van der Waals surface area contributed by atoms with E-state index >= 15 is 0 Å². The highest BCUT2D eigenvalue weighted by Gasteiger charge is 2.21. The van der Waals surface area contributed by atoms with Crippen molar-refractivity contribution in [2.24, 2.45) is 5.92 Å². The van der Waals surface area contributed by atoms with Crippen LogP contribution in [0.1, 0.15) is 31.6 Å². The maximum atomic E-state index is 12.3. The Kier molecular flexibility index (Phi) is 6.96. The van der Waals surface area contributed by atoms with Crippen molar-refractivity contribution in [2.45, 2.75) is 38.1 Å². The van der Waals surface area contributed by atoms with Crippen LogP contribution in [-0.2, 0) is 16.6 Å². The van der Waals surface area contributed by atoms with E-state index in [0.717, 1.165) is 17.7 Å². The molecule has 0 unspecified atom stereocenters. The molecule has 4 nitrogen and oxygen atoms in total. The summed E-state index contributed by atoms with van der Waals surface area (Å²) >= 11 is 4.78. The zero-order valence-corrected chi connectivity index (χ0v) is 14.7. The molecule has 0 aliphatic rings. The number of thiophene rings is 1. The Balaban J connectivity index is 2.82. The van der Waals surface area contributed by atoms with Gasteiger partial charge in [-0.3, -0.25) is 0 Å². The van der Waals surface area contributed by atoms with E-state index in [-0.39, 0.29) is 0 Å². The van der Waals surface area contributed by atoms with Crippen molar-refractivity contribution in [3.05, 3.63) is 14.7 Å². The molecule has 0 fully saturated rings. The van der Waals surface area contributed by atoms with Gasteiger partial charge < -0.3 is 5.32 Å². The minimum absolute atomic E-state index is 0.341. The summed E-state index contributed by atoms with van der Waals surface area (Å²) in [6.07, 6.45) is 1.96. The first-order valence-electron chi connectivity index (χ1n) is 6.37. The molecule has 110 valence electrons. The molecule has 0 saturated carbocycles. The molecule has 1 heterocycles. The largest absolute Gasteiger partial charge is 0.315 e. The number of halogens is 1. The molecule has 0 radical (unpaired) electrons. The van der Waals surface area contributed by atoms with Crippen LogP contribution in [-0.4, -0.2) is 22.0 Å². The lowest BCUT2D eigenvalue weighted by Crippen LogP contribution is -2.29. The minimum Gasteiger partial charge on any atom is -0.315 e. The second-order valence-electron chi connectivity index (χ2n) is 4.42. The van der Waals surface area contributed by atoms with Crippen LogP contribution < -0.4 is 10.0 Å². The van der Waals surface area contributed by atoms with Gasteiger partial charge in [-0.15, -0.1) is 11.3 Å². The van der Waals surface area contributed by atoms with E-state index in [9.17, 15) is 8.42 Å². The Bertz CT molecular complexity index is 496. The normalized spacial score (nSPS) is 12.3. The van der Waals surface area contributed by atoms with Gasteiger partial charge in [0.25, 0.3) is 0 Å². The molecule has 1 aromatic heterocycles. The van der Waals surface area contributed by atoms with Gasteiger partial charge in [0.05, 0.1) is 3.79 Å². The Hall–Kier alpha value is 0.0500. The predicted octanol–water partition coefficient (Wildman–Crippen LogP) is 2.94. The van der Waals surface area contributed by atoms with Crippen LogP contribution in [0.15, 0.2) is 14.7 Å². The highest BCUT2D eigenvalue weighted by molar-refractivity contribution is 9.11. The molecule has 0 aromatic carbocycles. The summed E-state index contributed by atoms with van der Waals surface area (Å²) in [5.74, 6) is 0.393. The maximum Gasteiger partial charge on any atom is 0.242 e. The van der Waals surface area contributed by atoms with Crippen LogP contribution in [0.2, 0.25) is 0 Å².